The van der Waals surface area contributed by atoms with E-state index < -0.39 is 82.4 Å². The van der Waals surface area contributed by atoms with Gasteiger partial charge < -0.3 is 20.6 Å². The Morgan fingerprint density at radius 2 is 0.792 bits per heavy atom. The molecule has 358 valence electrons. The van der Waals surface area contributed by atoms with Gasteiger partial charge in [-0.1, -0.05) is 72.8 Å². The van der Waals surface area contributed by atoms with E-state index in [1.54, 1.807) is 62.4 Å². The molecule has 2 aromatic heterocycles. The van der Waals surface area contributed by atoms with E-state index in [1.165, 1.54) is 57.9 Å². The molecule has 0 aliphatic heterocycles. The van der Waals surface area contributed by atoms with Crippen LogP contribution in [-0.2, 0) is 40.3 Å². The average molecular weight is 1070 g/mol. The first-order chi connectivity index (χ1) is 33.1. The molecule has 0 aliphatic rings. The van der Waals surface area contributed by atoms with Crippen LogP contribution in [0.15, 0.2) is 186 Å². The van der Waals surface area contributed by atoms with Crippen LogP contribution >= 0.6 is 0 Å². The molecule has 0 radical (unpaired) electrons. The number of anilines is 4. The van der Waals surface area contributed by atoms with E-state index in [0.29, 0.717) is 34.9 Å². The second-order valence-corrected chi connectivity index (χ2v) is 21.0. The third-order valence-corrected chi connectivity index (χ3v) is 14.9. The van der Waals surface area contributed by atoms with Crippen LogP contribution in [0.4, 0.5) is 45.8 Å². The van der Waals surface area contributed by atoms with Crippen LogP contribution < -0.4 is 80.0 Å². The first kappa shape index (κ1) is 55.2. The van der Waals surface area contributed by atoms with Gasteiger partial charge in [-0.25, -0.2) is 43.0 Å². The van der Waals surface area contributed by atoms with Crippen LogP contribution in [0.25, 0.3) is 22.5 Å². The summed E-state index contributed by atoms with van der Waals surface area (Å²) >= 11 is 0. The minimum atomic E-state index is -5.56. The Morgan fingerprint density at radius 1 is 0.458 bits per heavy atom. The van der Waals surface area contributed by atoms with E-state index in [1.807, 2.05) is 12.1 Å². The van der Waals surface area contributed by atoms with Crippen LogP contribution in [0, 0.1) is 13.8 Å². The third-order valence-electron chi connectivity index (χ3n) is 10.3. The maximum Gasteiger partial charge on any atom is 1.00 e. The number of para-hydroxylation sites is 2. The molecule has 0 bridgehead atoms. The van der Waals surface area contributed by atoms with E-state index in [-0.39, 0.29) is 93.5 Å². The number of nitrogens with one attached hydrogen (secondary N) is 2. The Hall–Kier alpha value is -6.14. The summed E-state index contributed by atoms with van der Waals surface area (Å²) in [6.45, 7) is 3.26. The minimum Gasteiger partial charge on any atom is -0.744 e. The normalized spacial score (nSPS) is 12.1. The Balaban J connectivity index is 0.00000423. The number of nitrogen functional groups attached to an aromatic ring is 2. The van der Waals surface area contributed by atoms with Gasteiger partial charge in [0.2, 0.25) is 0 Å². The molecule has 0 unspecified atom stereocenters. The number of nitrogens with two attached hydrogens (primary N) is 2. The number of azo groups is 2. The van der Waals surface area contributed by atoms with E-state index in [2.05, 4.69) is 40.1 Å². The zero-order chi connectivity index (χ0) is 50.2. The summed E-state index contributed by atoms with van der Waals surface area (Å²) < 4.78 is 139. The zero-order valence-electron chi connectivity index (χ0n) is 38.3. The van der Waals surface area contributed by atoms with Crippen molar-refractivity contribution in [2.45, 2.75) is 33.4 Å². The first-order valence-electron chi connectivity index (χ1n) is 20.2. The van der Waals surface area contributed by atoms with Gasteiger partial charge in [-0.2, -0.15) is 10.2 Å². The van der Waals surface area contributed by atoms with Gasteiger partial charge in [0.1, 0.15) is 41.4 Å². The smallest absolute Gasteiger partial charge is 0.744 e. The van der Waals surface area contributed by atoms with Gasteiger partial charge in [0, 0.05) is 11.1 Å². The summed E-state index contributed by atoms with van der Waals surface area (Å²) in [6.07, 6.45) is 0. The van der Waals surface area contributed by atoms with Crippen molar-refractivity contribution in [1.82, 2.24) is 19.6 Å². The number of hydrogen-bond acceptors (Lipinski definition) is 18. The summed E-state index contributed by atoms with van der Waals surface area (Å²) in [6, 6.07) is 33.7. The fourth-order valence-corrected chi connectivity index (χ4v) is 10.9. The number of benzene rings is 6. The molecule has 22 nitrogen and oxygen atoms in total. The molecule has 0 amide bonds. The summed E-state index contributed by atoms with van der Waals surface area (Å²) in [5.74, 6) is 0.237. The summed E-state index contributed by atoms with van der Waals surface area (Å²) in [5.41, 5.74) is 12.5. The second-order valence-electron chi connectivity index (χ2n) is 15.0. The van der Waals surface area contributed by atoms with Gasteiger partial charge in [-0.15, -0.1) is 20.5 Å². The number of nitrogens with zero attached hydrogens (tertiary/aromatic N) is 8. The van der Waals surface area contributed by atoms with Crippen molar-refractivity contribution in [2.24, 2.45) is 20.5 Å². The molecule has 6 aromatic carbocycles. The fraction of sp³-hybridized carbons (Fsp3) is 0.0455. The van der Waals surface area contributed by atoms with Gasteiger partial charge in [0.25, 0.3) is 20.0 Å². The molecule has 28 heteroatoms. The molecule has 0 fully saturated rings. The van der Waals surface area contributed by atoms with Crippen LogP contribution in [-0.4, -0.2) is 62.3 Å². The molecule has 6 N–H and O–H groups in total. The monoisotopic (exact) mass is 1070 g/mol. The fourth-order valence-electron chi connectivity index (χ4n) is 7.05. The Bertz CT molecular complexity index is 3630. The number of sulfonamides is 2. The third kappa shape index (κ3) is 11.9. The predicted molar refractivity (Wildman–Crippen MR) is 256 cm³/mol. The van der Waals surface area contributed by atoms with Crippen LogP contribution in [0.5, 0.6) is 0 Å². The molecule has 8 aromatic rings. The van der Waals surface area contributed by atoms with Crippen LogP contribution in [0.3, 0.4) is 0 Å². The van der Waals surface area contributed by atoms with Crippen molar-refractivity contribution in [3.05, 3.63) is 157 Å². The average Bonchev–Trinajstić information content (AvgIpc) is 3.78. The molecular formula is C44H36N12Na2O10S4. The van der Waals surface area contributed by atoms with Crippen molar-refractivity contribution < 1.29 is 102 Å². The summed E-state index contributed by atoms with van der Waals surface area (Å²) in [7, 11) is -20.4. The molecule has 0 atom stereocenters. The Morgan fingerprint density at radius 3 is 1.14 bits per heavy atom. The Labute approximate surface area is 457 Å². The summed E-state index contributed by atoms with van der Waals surface area (Å²) in [4.78, 5) is -3.13. The summed E-state index contributed by atoms with van der Waals surface area (Å²) in [5, 5.41) is 25.4. The molecule has 2 heterocycles. The zero-order valence-corrected chi connectivity index (χ0v) is 45.6. The van der Waals surface area contributed by atoms with Gasteiger partial charge >= 0.3 is 59.1 Å². The van der Waals surface area contributed by atoms with Gasteiger partial charge in [-0.05, 0) is 86.6 Å². The molecule has 72 heavy (non-hydrogen) atoms. The maximum atomic E-state index is 13.8. The number of aromatic nitrogens is 4. The van der Waals surface area contributed by atoms with E-state index in [0.717, 1.165) is 24.3 Å². The standard InChI is InChI=1S/C44H38N12O10S4.2Na/c1-27-41(43(45)55(51-27)31-13-5-3-6-14-31)49-47-35-17-9-11-19-37(35)67(57,58)53-29-21-23-33(39(25-29)69(61,62)63)34-24-22-30(26-40(34)70(64,65)66)54-68(59,60)38-20-12-10-18-36(38)48-50-42-28(2)52-56(44(42)46)32-15-7-4-8-16-32;;/h3-26,53-54H,45-46H2,1-2H3,(H,61,62,63)(H,64,65,66);;/q;2*+1/p-2. The number of hydrogen-bond donors (Lipinski definition) is 4. The van der Waals surface area contributed by atoms with Gasteiger partial charge in [-0.3, -0.25) is 9.44 Å². The number of aryl methyl sites for hydroxylation is 2. The van der Waals surface area contributed by atoms with Crippen molar-refractivity contribution in [3.8, 4) is 22.5 Å². The van der Waals surface area contributed by atoms with Crippen LogP contribution in [0.2, 0.25) is 0 Å². The molecule has 0 aliphatic carbocycles. The largest absolute Gasteiger partial charge is 1.00 e. The molecule has 0 saturated carbocycles. The first-order valence-corrected chi connectivity index (χ1v) is 26.0. The molecule has 0 spiro atoms. The van der Waals surface area contributed by atoms with Crippen molar-refractivity contribution in [2.75, 3.05) is 20.9 Å². The predicted octanol–water partition coefficient (Wildman–Crippen LogP) is 1.75. The molecule has 0 saturated heterocycles. The Kier molecular flexibility index (Phi) is 16.8. The van der Waals surface area contributed by atoms with E-state index in [4.69, 9.17) is 11.5 Å². The number of rotatable bonds is 15. The topological polar surface area (TPSA) is 344 Å². The van der Waals surface area contributed by atoms with E-state index in [9.17, 15) is 42.8 Å². The van der Waals surface area contributed by atoms with Gasteiger partial charge in [0.15, 0.2) is 23.0 Å². The minimum absolute atomic E-state index is 0. The maximum absolute atomic E-state index is 13.8. The van der Waals surface area contributed by atoms with E-state index >= 15 is 0 Å². The second kappa shape index (κ2) is 21.9. The van der Waals surface area contributed by atoms with Crippen molar-refractivity contribution in [1.29, 1.82) is 0 Å². The molecule has 8 rings (SSSR count). The van der Waals surface area contributed by atoms with Gasteiger partial charge in [0.05, 0.1) is 43.9 Å². The van der Waals surface area contributed by atoms with Crippen molar-refractivity contribution in [3.63, 3.8) is 0 Å². The van der Waals surface area contributed by atoms with Crippen molar-refractivity contribution >= 4 is 86.0 Å². The molecular weight excluding hydrogens is 1030 g/mol. The SMILES string of the molecule is Cc1nn(-c2ccccc2)c(N)c1N=Nc1ccccc1S(=O)(=O)Nc1ccc(-c2ccc(NS(=O)(=O)c3ccccc3N=Nc3c(C)nn(-c4ccccc4)c3N)cc2S(=O)(=O)[O-])c(S(=O)(=O)[O-])c1.[Na+].[Na+]. The quantitative estimate of drug-likeness (QED) is 0.0646. The van der Waals surface area contributed by atoms with Crippen LogP contribution in [0.1, 0.15) is 11.4 Å².